The molecular weight excluding hydrogens is 427 g/mol. The number of halogens is 2. The summed E-state index contributed by atoms with van der Waals surface area (Å²) in [6.45, 7) is 3.69. The summed E-state index contributed by atoms with van der Waals surface area (Å²) in [7, 11) is -1.58. The second kappa shape index (κ2) is 10.6. The summed E-state index contributed by atoms with van der Waals surface area (Å²) in [5.74, 6) is 0.621. The Kier molecular flexibility index (Phi) is 8.13. The molecule has 1 N–H and O–H groups in total. The summed E-state index contributed by atoms with van der Waals surface area (Å²) in [5.41, 5.74) is 0.976. The zero-order chi connectivity index (χ0) is 20.8. The lowest BCUT2D eigenvalue weighted by Gasteiger charge is -2.33. The van der Waals surface area contributed by atoms with Gasteiger partial charge in [0, 0.05) is 18.1 Å². The predicted molar refractivity (Wildman–Crippen MR) is 120 cm³/mol. The smallest absolute Gasteiger partial charge is 0.240 e. The lowest BCUT2D eigenvalue weighted by Crippen LogP contribution is -2.49. The number of hydrogen-bond acceptors (Lipinski definition) is 2. The van der Waals surface area contributed by atoms with Crippen molar-refractivity contribution in [3.8, 4) is 0 Å². The largest absolute Gasteiger partial charge is 0.341 e. The Morgan fingerprint density at radius 2 is 1.72 bits per heavy atom. The summed E-state index contributed by atoms with van der Waals surface area (Å²) in [6, 6.07) is 14.0. The first-order valence-electron chi connectivity index (χ1n) is 9.90. The number of nitrogens with one attached hydrogen (secondary N) is 1. The molecule has 3 rings (SSSR count). The third-order valence-corrected chi connectivity index (χ3v) is 7.40. The topological polar surface area (TPSA) is 49.4 Å². The molecule has 0 radical (unpaired) electrons. The van der Waals surface area contributed by atoms with Gasteiger partial charge in [-0.2, -0.15) is 0 Å². The van der Waals surface area contributed by atoms with Gasteiger partial charge in [0.1, 0.15) is 11.0 Å². The molecule has 1 amide bonds. The molecule has 7 heteroatoms. The zero-order valence-corrected chi connectivity index (χ0v) is 18.8. The van der Waals surface area contributed by atoms with Crippen LogP contribution < -0.4 is 4.72 Å². The van der Waals surface area contributed by atoms with Crippen LogP contribution in [0.4, 0.5) is 0 Å². The highest BCUT2D eigenvalue weighted by Gasteiger charge is 2.29. The van der Waals surface area contributed by atoms with Gasteiger partial charge in [0.05, 0.1) is 16.0 Å². The van der Waals surface area contributed by atoms with Gasteiger partial charge in [0.25, 0.3) is 0 Å². The molecule has 1 fully saturated rings. The predicted octanol–water partition coefficient (Wildman–Crippen LogP) is 4.87. The fraction of sp³-hybridized carbons (Fsp3) is 0.409. The average Bonchev–Trinajstić information content (AvgIpc) is 2.72. The summed E-state index contributed by atoms with van der Waals surface area (Å²) in [6.07, 6.45) is 3.12. The molecule has 2 unspecified atom stereocenters. The lowest BCUT2D eigenvalue weighted by molar-refractivity contribution is -0.134. The molecule has 1 heterocycles. The molecule has 1 aliphatic rings. The van der Waals surface area contributed by atoms with Crippen molar-refractivity contribution in [3.63, 3.8) is 0 Å². The SMILES string of the molecule is CC1CCN(C(=O)C(CCc2ccccc2Cl)NS(=O)c2ccccc2Cl)CC1. The second-order valence-corrected chi connectivity index (χ2v) is 9.53. The summed E-state index contributed by atoms with van der Waals surface area (Å²) in [5, 5.41) is 1.10. The number of carbonyl (C=O) groups excluding carboxylic acids is 1. The Bertz CT molecular complexity index is 869. The first-order chi connectivity index (χ1) is 14.0. The summed E-state index contributed by atoms with van der Waals surface area (Å²) < 4.78 is 15.9. The fourth-order valence-electron chi connectivity index (χ4n) is 3.47. The summed E-state index contributed by atoms with van der Waals surface area (Å²) in [4.78, 5) is 15.6. The maximum absolute atomic E-state index is 13.2. The molecular formula is C22H26Cl2N2O2S. The number of carbonyl (C=O) groups is 1. The molecule has 1 aliphatic heterocycles. The molecule has 1 saturated heterocycles. The highest BCUT2D eigenvalue weighted by atomic mass is 35.5. The molecule has 156 valence electrons. The van der Waals surface area contributed by atoms with Crippen molar-refractivity contribution in [1.82, 2.24) is 9.62 Å². The van der Waals surface area contributed by atoms with Gasteiger partial charge in [0.15, 0.2) is 0 Å². The van der Waals surface area contributed by atoms with Crippen LogP contribution in [-0.4, -0.2) is 34.1 Å². The van der Waals surface area contributed by atoms with Crippen molar-refractivity contribution in [2.24, 2.45) is 5.92 Å². The van der Waals surface area contributed by atoms with Gasteiger partial charge >= 0.3 is 0 Å². The minimum Gasteiger partial charge on any atom is -0.341 e. The van der Waals surface area contributed by atoms with Crippen LogP contribution in [-0.2, 0) is 22.2 Å². The Morgan fingerprint density at radius 1 is 1.10 bits per heavy atom. The normalized spacial score (nSPS) is 17.1. The van der Waals surface area contributed by atoms with Gasteiger partial charge in [0.2, 0.25) is 5.91 Å². The number of rotatable bonds is 7. The van der Waals surface area contributed by atoms with Crippen molar-refractivity contribution in [3.05, 3.63) is 64.1 Å². The Morgan fingerprint density at radius 3 is 2.38 bits per heavy atom. The number of nitrogens with zero attached hydrogens (tertiary/aromatic N) is 1. The number of benzene rings is 2. The third-order valence-electron chi connectivity index (χ3n) is 5.34. The maximum atomic E-state index is 13.2. The van der Waals surface area contributed by atoms with E-state index in [4.69, 9.17) is 23.2 Å². The van der Waals surface area contributed by atoms with Crippen LogP contribution in [0.5, 0.6) is 0 Å². The van der Waals surface area contributed by atoms with Gasteiger partial charge in [-0.05, 0) is 55.4 Å². The van der Waals surface area contributed by atoms with Crippen LogP contribution in [0, 0.1) is 5.92 Å². The highest BCUT2D eigenvalue weighted by Crippen LogP contribution is 2.22. The van der Waals surface area contributed by atoms with Gasteiger partial charge in [-0.15, -0.1) is 0 Å². The first kappa shape index (κ1) is 22.3. The van der Waals surface area contributed by atoms with Crippen LogP contribution in [0.1, 0.15) is 31.7 Å². The average molecular weight is 453 g/mol. The van der Waals surface area contributed by atoms with Crippen molar-refractivity contribution in [2.45, 2.75) is 43.5 Å². The second-order valence-electron chi connectivity index (χ2n) is 7.51. The van der Waals surface area contributed by atoms with E-state index in [1.165, 1.54) is 0 Å². The van der Waals surface area contributed by atoms with E-state index in [0.717, 1.165) is 31.5 Å². The van der Waals surface area contributed by atoms with Gasteiger partial charge in [-0.1, -0.05) is 60.5 Å². The lowest BCUT2D eigenvalue weighted by atomic mass is 9.98. The zero-order valence-electron chi connectivity index (χ0n) is 16.4. The molecule has 2 atom stereocenters. The Labute approximate surface area is 185 Å². The minimum absolute atomic E-state index is 0.00985. The summed E-state index contributed by atoms with van der Waals surface area (Å²) >= 11 is 12.5. The minimum atomic E-state index is -1.58. The van der Waals surface area contributed by atoms with E-state index >= 15 is 0 Å². The quantitative estimate of drug-likeness (QED) is 0.651. The van der Waals surface area contributed by atoms with E-state index in [2.05, 4.69) is 11.6 Å². The van der Waals surface area contributed by atoms with Gasteiger partial charge < -0.3 is 4.90 Å². The molecule has 0 aliphatic carbocycles. The van der Waals surface area contributed by atoms with E-state index < -0.39 is 17.0 Å². The molecule has 0 spiro atoms. The van der Waals surface area contributed by atoms with Crippen LogP contribution in [0.2, 0.25) is 10.0 Å². The van der Waals surface area contributed by atoms with Crippen molar-refractivity contribution >= 4 is 40.1 Å². The monoisotopic (exact) mass is 452 g/mol. The number of piperidine rings is 1. The molecule has 2 aromatic rings. The van der Waals surface area contributed by atoms with Crippen molar-refractivity contribution < 1.29 is 9.00 Å². The molecule has 29 heavy (non-hydrogen) atoms. The van der Waals surface area contributed by atoms with Crippen LogP contribution >= 0.6 is 23.2 Å². The van der Waals surface area contributed by atoms with E-state index in [-0.39, 0.29) is 5.91 Å². The van der Waals surface area contributed by atoms with Gasteiger partial charge in [-0.3, -0.25) is 4.79 Å². The van der Waals surface area contributed by atoms with Crippen LogP contribution in [0.25, 0.3) is 0 Å². The van der Waals surface area contributed by atoms with Crippen molar-refractivity contribution in [1.29, 1.82) is 0 Å². The van der Waals surface area contributed by atoms with E-state index in [9.17, 15) is 9.00 Å². The van der Waals surface area contributed by atoms with E-state index in [1.54, 1.807) is 24.3 Å². The third kappa shape index (κ3) is 6.05. The molecule has 2 aromatic carbocycles. The van der Waals surface area contributed by atoms with Crippen molar-refractivity contribution in [2.75, 3.05) is 13.1 Å². The molecule has 4 nitrogen and oxygen atoms in total. The number of hydrogen-bond donors (Lipinski definition) is 1. The van der Waals surface area contributed by atoms with Crippen LogP contribution in [0.15, 0.2) is 53.4 Å². The molecule has 0 bridgehead atoms. The van der Waals surface area contributed by atoms with Crippen LogP contribution in [0.3, 0.4) is 0 Å². The number of likely N-dealkylation sites (tertiary alicyclic amines) is 1. The molecule has 0 saturated carbocycles. The first-order valence-corrected chi connectivity index (χ1v) is 11.8. The Balaban J connectivity index is 1.75. The maximum Gasteiger partial charge on any atom is 0.240 e. The standard InChI is InChI=1S/C22H26Cl2N2O2S/c1-16-12-14-26(15-13-16)22(27)20(11-10-17-6-2-3-7-18(17)23)25-29(28)21-9-5-4-8-19(21)24/h2-9,16,20,25H,10-15H2,1H3. The fourth-order valence-corrected chi connectivity index (χ4v) is 5.10. The number of amides is 1. The Hall–Kier alpha value is -1.40. The number of aryl methyl sites for hydroxylation is 1. The van der Waals surface area contributed by atoms with E-state index in [1.807, 2.05) is 29.2 Å². The van der Waals surface area contributed by atoms with E-state index in [0.29, 0.717) is 33.7 Å². The highest BCUT2D eigenvalue weighted by molar-refractivity contribution is 7.83. The molecule has 0 aromatic heterocycles. The van der Waals surface area contributed by atoms with Gasteiger partial charge in [-0.25, -0.2) is 8.93 Å².